The third kappa shape index (κ3) is 6.38. The minimum atomic E-state index is 0.698. The molecular formula is C14H27N. The normalized spacial score (nSPS) is 12.3. The van der Waals surface area contributed by atoms with Crippen molar-refractivity contribution in [2.24, 2.45) is 11.8 Å². The summed E-state index contributed by atoms with van der Waals surface area (Å²) in [6.07, 6.45) is 5.32. The van der Waals surface area contributed by atoms with Gasteiger partial charge in [0.05, 0.1) is 0 Å². The Morgan fingerprint density at radius 1 is 1.13 bits per heavy atom. The van der Waals surface area contributed by atoms with Crippen LogP contribution in [0.15, 0.2) is 24.4 Å². The quantitative estimate of drug-likeness (QED) is 0.571. The van der Waals surface area contributed by atoms with Gasteiger partial charge in [-0.2, -0.15) is 0 Å². The van der Waals surface area contributed by atoms with E-state index in [2.05, 4.69) is 52.2 Å². The SMILES string of the molecule is C=C/C(=C\CC)N(CC(C)C)CC(C)C. The smallest absolute Gasteiger partial charge is 0.0319 e. The van der Waals surface area contributed by atoms with E-state index in [0.717, 1.165) is 19.5 Å². The standard InChI is InChI=1S/C14H27N/c1-7-9-14(8-2)15(10-12(3)4)11-13(5)6/h8-9,12-13H,2,7,10-11H2,1,3-6H3/b14-9+. The van der Waals surface area contributed by atoms with Crippen LogP contribution in [0.3, 0.4) is 0 Å². The van der Waals surface area contributed by atoms with Crippen LogP contribution in [0.25, 0.3) is 0 Å². The summed E-state index contributed by atoms with van der Waals surface area (Å²) >= 11 is 0. The Balaban J connectivity index is 4.57. The lowest BCUT2D eigenvalue weighted by molar-refractivity contribution is 0.280. The summed E-state index contributed by atoms with van der Waals surface area (Å²) in [5.74, 6) is 1.40. The monoisotopic (exact) mass is 209 g/mol. The van der Waals surface area contributed by atoms with Gasteiger partial charge in [0.25, 0.3) is 0 Å². The van der Waals surface area contributed by atoms with E-state index < -0.39 is 0 Å². The Hall–Kier alpha value is -0.720. The molecule has 0 saturated carbocycles. The van der Waals surface area contributed by atoms with Crippen molar-refractivity contribution in [3.05, 3.63) is 24.4 Å². The van der Waals surface area contributed by atoms with E-state index in [4.69, 9.17) is 0 Å². The Morgan fingerprint density at radius 3 is 1.87 bits per heavy atom. The van der Waals surface area contributed by atoms with E-state index in [0.29, 0.717) is 11.8 Å². The predicted molar refractivity (Wildman–Crippen MR) is 69.8 cm³/mol. The molecule has 1 heteroatoms. The minimum Gasteiger partial charge on any atom is -0.371 e. The molecule has 0 aromatic carbocycles. The highest BCUT2D eigenvalue weighted by Gasteiger charge is 2.10. The minimum absolute atomic E-state index is 0.698. The van der Waals surface area contributed by atoms with Gasteiger partial charge < -0.3 is 4.90 Å². The van der Waals surface area contributed by atoms with Crippen LogP contribution in [-0.2, 0) is 0 Å². The predicted octanol–water partition coefficient (Wildman–Crippen LogP) is 4.08. The lowest BCUT2D eigenvalue weighted by Gasteiger charge is -2.29. The fourth-order valence-electron chi connectivity index (χ4n) is 1.72. The highest BCUT2D eigenvalue weighted by molar-refractivity contribution is 5.15. The molecule has 0 spiro atoms. The van der Waals surface area contributed by atoms with Crippen LogP contribution in [0.5, 0.6) is 0 Å². The molecule has 1 nitrogen and oxygen atoms in total. The summed E-state index contributed by atoms with van der Waals surface area (Å²) in [5, 5.41) is 0. The average Bonchev–Trinajstić information content (AvgIpc) is 2.11. The molecule has 15 heavy (non-hydrogen) atoms. The maximum absolute atomic E-state index is 3.91. The molecule has 0 aromatic heterocycles. The number of hydrogen-bond donors (Lipinski definition) is 0. The molecule has 0 bridgehead atoms. The summed E-state index contributed by atoms with van der Waals surface area (Å²) in [4.78, 5) is 2.45. The van der Waals surface area contributed by atoms with Crippen LogP contribution >= 0.6 is 0 Å². The van der Waals surface area contributed by atoms with Gasteiger partial charge in [0, 0.05) is 18.8 Å². The van der Waals surface area contributed by atoms with Gasteiger partial charge in [0.1, 0.15) is 0 Å². The molecule has 0 aliphatic carbocycles. The first-order valence-electron chi connectivity index (χ1n) is 6.08. The van der Waals surface area contributed by atoms with E-state index in [1.165, 1.54) is 5.70 Å². The van der Waals surface area contributed by atoms with Crippen molar-refractivity contribution in [1.29, 1.82) is 0 Å². The van der Waals surface area contributed by atoms with Crippen molar-refractivity contribution in [2.45, 2.75) is 41.0 Å². The molecule has 0 fully saturated rings. The van der Waals surface area contributed by atoms with Crippen molar-refractivity contribution in [2.75, 3.05) is 13.1 Å². The van der Waals surface area contributed by atoms with E-state index >= 15 is 0 Å². The second-order valence-corrected chi connectivity index (χ2v) is 4.93. The van der Waals surface area contributed by atoms with Crippen LogP contribution in [0.4, 0.5) is 0 Å². The van der Waals surface area contributed by atoms with Crippen molar-refractivity contribution in [3.63, 3.8) is 0 Å². The van der Waals surface area contributed by atoms with Crippen LogP contribution in [-0.4, -0.2) is 18.0 Å². The number of allylic oxidation sites excluding steroid dienone is 2. The van der Waals surface area contributed by atoms with E-state index in [1.54, 1.807) is 0 Å². The van der Waals surface area contributed by atoms with Gasteiger partial charge >= 0.3 is 0 Å². The number of nitrogens with zero attached hydrogens (tertiary/aromatic N) is 1. The second-order valence-electron chi connectivity index (χ2n) is 4.93. The number of rotatable bonds is 7. The van der Waals surface area contributed by atoms with Crippen LogP contribution in [0.2, 0.25) is 0 Å². The van der Waals surface area contributed by atoms with Gasteiger partial charge in [-0.3, -0.25) is 0 Å². The molecule has 0 atom stereocenters. The highest BCUT2D eigenvalue weighted by atomic mass is 15.1. The first kappa shape index (κ1) is 14.3. The third-order valence-electron chi connectivity index (χ3n) is 2.16. The fourth-order valence-corrected chi connectivity index (χ4v) is 1.72. The highest BCUT2D eigenvalue weighted by Crippen LogP contribution is 2.12. The van der Waals surface area contributed by atoms with E-state index in [9.17, 15) is 0 Å². The van der Waals surface area contributed by atoms with Gasteiger partial charge in [0.2, 0.25) is 0 Å². The second kappa shape index (κ2) is 7.56. The lowest BCUT2D eigenvalue weighted by Crippen LogP contribution is -2.30. The largest absolute Gasteiger partial charge is 0.371 e. The molecule has 0 aromatic rings. The molecule has 0 rings (SSSR count). The Morgan fingerprint density at radius 2 is 1.60 bits per heavy atom. The lowest BCUT2D eigenvalue weighted by atomic mass is 10.1. The van der Waals surface area contributed by atoms with Crippen molar-refractivity contribution < 1.29 is 0 Å². The molecule has 0 radical (unpaired) electrons. The topological polar surface area (TPSA) is 3.24 Å². The molecule has 88 valence electrons. The van der Waals surface area contributed by atoms with Gasteiger partial charge in [-0.05, 0) is 24.3 Å². The van der Waals surface area contributed by atoms with Crippen molar-refractivity contribution >= 4 is 0 Å². The van der Waals surface area contributed by atoms with Crippen LogP contribution in [0.1, 0.15) is 41.0 Å². The maximum Gasteiger partial charge on any atom is 0.0319 e. The molecule has 0 aliphatic rings. The maximum atomic E-state index is 3.91. The summed E-state index contributed by atoms with van der Waals surface area (Å²) in [6.45, 7) is 17.4. The Labute approximate surface area is 95.9 Å². The Kier molecular flexibility index (Phi) is 7.19. The average molecular weight is 209 g/mol. The summed E-state index contributed by atoms with van der Waals surface area (Å²) in [7, 11) is 0. The zero-order chi connectivity index (χ0) is 11.8. The van der Waals surface area contributed by atoms with Crippen LogP contribution < -0.4 is 0 Å². The summed E-state index contributed by atoms with van der Waals surface area (Å²) in [5.41, 5.74) is 1.29. The van der Waals surface area contributed by atoms with Gasteiger partial charge in [-0.1, -0.05) is 47.3 Å². The van der Waals surface area contributed by atoms with Crippen molar-refractivity contribution in [1.82, 2.24) is 4.90 Å². The zero-order valence-corrected chi connectivity index (χ0v) is 11.1. The molecule has 0 unspecified atom stereocenters. The molecule has 0 saturated heterocycles. The summed E-state index contributed by atoms with van der Waals surface area (Å²) in [6, 6.07) is 0. The molecular weight excluding hydrogens is 182 g/mol. The van der Waals surface area contributed by atoms with Gasteiger partial charge in [0.15, 0.2) is 0 Å². The molecule has 0 N–H and O–H groups in total. The molecule has 0 heterocycles. The molecule has 0 amide bonds. The molecule has 0 aliphatic heterocycles. The van der Waals surface area contributed by atoms with Crippen LogP contribution in [0, 0.1) is 11.8 Å². The van der Waals surface area contributed by atoms with E-state index in [1.807, 2.05) is 6.08 Å². The van der Waals surface area contributed by atoms with Crippen molar-refractivity contribution in [3.8, 4) is 0 Å². The third-order valence-corrected chi connectivity index (χ3v) is 2.16. The van der Waals surface area contributed by atoms with Gasteiger partial charge in [-0.25, -0.2) is 0 Å². The first-order valence-corrected chi connectivity index (χ1v) is 6.08. The number of hydrogen-bond acceptors (Lipinski definition) is 1. The Bertz CT molecular complexity index is 191. The first-order chi connectivity index (χ1) is 7.01. The fraction of sp³-hybridized carbons (Fsp3) is 0.714. The van der Waals surface area contributed by atoms with Gasteiger partial charge in [-0.15, -0.1) is 0 Å². The summed E-state index contributed by atoms with van der Waals surface area (Å²) < 4.78 is 0. The van der Waals surface area contributed by atoms with E-state index in [-0.39, 0.29) is 0 Å². The zero-order valence-electron chi connectivity index (χ0n) is 11.1.